The van der Waals surface area contributed by atoms with Crippen LogP contribution in [-0.2, 0) is 22.4 Å². The van der Waals surface area contributed by atoms with Gasteiger partial charge in [-0.05, 0) is 44.2 Å². The smallest absolute Gasteiger partial charge is 0.349 e. The number of carbonyl (C=O) groups excluding carboxylic acids is 2. The zero-order chi connectivity index (χ0) is 19.5. The summed E-state index contributed by atoms with van der Waals surface area (Å²) in [6.07, 6.45) is 8.63. The minimum atomic E-state index is -0.954. The Hall–Kier alpha value is -2.81. The van der Waals surface area contributed by atoms with Crippen molar-refractivity contribution in [2.45, 2.75) is 51.6 Å². The minimum Gasteiger partial charge on any atom is -0.448 e. The van der Waals surface area contributed by atoms with Crippen LogP contribution in [0.4, 0.5) is 5.82 Å². The molecule has 0 radical (unpaired) electrons. The molecule has 1 amide bonds. The molecule has 28 heavy (non-hydrogen) atoms. The number of carbonyl (C=O) groups is 2. The average Bonchev–Trinajstić information content (AvgIpc) is 3.29. The number of ether oxygens (including phenoxy) is 1. The monoisotopic (exact) mass is 399 g/mol. The largest absolute Gasteiger partial charge is 0.448 e. The van der Waals surface area contributed by atoms with Crippen LogP contribution in [0, 0.1) is 0 Å². The van der Waals surface area contributed by atoms with Gasteiger partial charge in [0.25, 0.3) is 5.91 Å². The lowest BCUT2D eigenvalue weighted by Gasteiger charge is -2.12. The van der Waals surface area contributed by atoms with Crippen LogP contribution in [0.5, 0.6) is 0 Å². The Morgan fingerprint density at radius 3 is 2.86 bits per heavy atom. The number of aromatic nitrogens is 4. The van der Waals surface area contributed by atoms with Crippen molar-refractivity contribution in [3.05, 3.63) is 34.0 Å². The second kappa shape index (κ2) is 8.05. The van der Waals surface area contributed by atoms with Crippen molar-refractivity contribution >= 4 is 40.2 Å². The number of imidazole rings is 1. The summed E-state index contributed by atoms with van der Waals surface area (Å²) in [4.78, 5) is 41.8. The number of nitrogens with zero attached hydrogens (tertiary/aromatic N) is 3. The summed E-state index contributed by atoms with van der Waals surface area (Å²) in [5, 5.41) is 2.66. The van der Waals surface area contributed by atoms with Crippen molar-refractivity contribution in [1.29, 1.82) is 0 Å². The predicted molar refractivity (Wildman–Crippen MR) is 105 cm³/mol. The number of thiophene rings is 1. The summed E-state index contributed by atoms with van der Waals surface area (Å²) in [5.74, 6) is -0.624. The Labute approximate surface area is 165 Å². The van der Waals surface area contributed by atoms with Gasteiger partial charge < -0.3 is 15.0 Å². The van der Waals surface area contributed by atoms with E-state index >= 15 is 0 Å². The summed E-state index contributed by atoms with van der Waals surface area (Å²) < 4.78 is 5.39. The molecule has 0 saturated heterocycles. The van der Waals surface area contributed by atoms with Gasteiger partial charge in [-0.25, -0.2) is 19.7 Å². The zero-order valence-corrected chi connectivity index (χ0v) is 16.3. The number of fused-ring (bicyclic) bond motifs is 2. The average molecular weight is 399 g/mol. The van der Waals surface area contributed by atoms with Crippen molar-refractivity contribution in [3.63, 3.8) is 0 Å². The first-order valence-electron chi connectivity index (χ1n) is 9.39. The van der Waals surface area contributed by atoms with E-state index in [1.807, 2.05) is 6.07 Å². The first kappa shape index (κ1) is 18.5. The topological polar surface area (TPSA) is 110 Å². The van der Waals surface area contributed by atoms with E-state index in [-0.39, 0.29) is 0 Å². The quantitative estimate of drug-likeness (QED) is 0.652. The normalized spacial score (nSPS) is 15.3. The van der Waals surface area contributed by atoms with Crippen LogP contribution in [0.1, 0.15) is 52.7 Å². The SMILES string of the molecule is C[C@@H](OC(=O)c1cc2c(s1)CCCCCC2)C(=O)Nc1ncnc2nc[nH]c12. The van der Waals surface area contributed by atoms with E-state index in [0.29, 0.717) is 21.9 Å². The van der Waals surface area contributed by atoms with Crippen LogP contribution in [0.2, 0.25) is 0 Å². The fourth-order valence-electron chi connectivity index (χ4n) is 3.30. The zero-order valence-electron chi connectivity index (χ0n) is 15.5. The van der Waals surface area contributed by atoms with Gasteiger partial charge >= 0.3 is 5.97 Å². The Kier molecular flexibility index (Phi) is 5.34. The highest BCUT2D eigenvalue weighted by Crippen LogP contribution is 2.29. The second-order valence-electron chi connectivity index (χ2n) is 6.83. The third-order valence-corrected chi connectivity index (χ3v) is 6.03. The van der Waals surface area contributed by atoms with E-state index in [4.69, 9.17) is 4.74 Å². The van der Waals surface area contributed by atoms with E-state index < -0.39 is 18.0 Å². The van der Waals surface area contributed by atoms with Gasteiger partial charge in [0.2, 0.25) is 0 Å². The molecule has 146 valence electrons. The highest BCUT2D eigenvalue weighted by Gasteiger charge is 2.23. The van der Waals surface area contributed by atoms with Gasteiger partial charge in [0.05, 0.1) is 6.33 Å². The van der Waals surface area contributed by atoms with Gasteiger partial charge in [-0.2, -0.15) is 0 Å². The number of hydrogen-bond donors (Lipinski definition) is 2. The van der Waals surface area contributed by atoms with E-state index in [1.165, 1.54) is 47.3 Å². The van der Waals surface area contributed by atoms with Crippen molar-refractivity contribution in [1.82, 2.24) is 19.9 Å². The van der Waals surface area contributed by atoms with Gasteiger partial charge in [-0.3, -0.25) is 4.79 Å². The Bertz CT molecular complexity index is 987. The van der Waals surface area contributed by atoms with Crippen molar-refractivity contribution in [3.8, 4) is 0 Å². The predicted octanol–water partition coefficient (Wildman–Crippen LogP) is 3.26. The van der Waals surface area contributed by atoms with Crippen molar-refractivity contribution in [2.75, 3.05) is 5.32 Å². The molecule has 0 aliphatic heterocycles. The summed E-state index contributed by atoms with van der Waals surface area (Å²) in [6, 6.07) is 1.93. The fourth-order valence-corrected chi connectivity index (χ4v) is 4.43. The maximum Gasteiger partial charge on any atom is 0.349 e. The molecule has 3 aromatic heterocycles. The minimum absolute atomic E-state index is 0.300. The van der Waals surface area contributed by atoms with Gasteiger partial charge in [-0.15, -0.1) is 11.3 Å². The van der Waals surface area contributed by atoms with Crippen LogP contribution in [0.15, 0.2) is 18.7 Å². The molecule has 9 heteroatoms. The van der Waals surface area contributed by atoms with Crippen LogP contribution in [-0.4, -0.2) is 37.9 Å². The summed E-state index contributed by atoms with van der Waals surface area (Å²) in [6.45, 7) is 1.54. The number of hydrogen-bond acceptors (Lipinski definition) is 7. The van der Waals surface area contributed by atoms with Crippen molar-refractivity contribution < 1.29 is 14.3 Å². The molecule has 0 saturated carbocycles. The van der Waals surface area contributed by atoms with Crippen molar-refractivity contribution in [2.24, 2.45) is 0 Å². The summed E-state index contributed by atoms with van der Waals surface area (Å²) in [5.41, 5.74) is 2.22. The Morgan fingerprint density at radius 1 is 1.18 bits per heavy atom. The maximum atomic E-state index is 12.5. The summed E-state index contributed by atoms with van der Waals surface area (Å²) in [7, 11) is 0. The first-order valence-corrected chi connectivity index (χ1v) is 10.2. The molecule has 3 aromatic rings. The van der Waals surface area contributed by atoms with Crippen LogP contribution >= 0.6 is 11.3 Å². The number of rotatable bonds is 4. The number of amides is 1. The molecular weight excluding hydrogens is 378 g/mol. The van der Waals surface area contributed by atoms with Crippen LogP contribution in [0.25, 0.3) is 11.2 Å². The molecule has 8 nitrogen and oxygen atoms in total. The van der Waals surface area contributed by atoms with Gasteiger partial charge in [0, 0.05) is 4.88 Å². The standard InChI is InChI=1S/C19H21N5O3S/c1-11(18(25)24-17-15-16(21-9-20-15)22-10-23-17)27-19(26)14-8-12-6-4-2-3-5-7-13(12)28-14/h8-11H,2-7H2,1H3,(H2,20,21,22,23,24,25)/t11-/m1/s1. The third kappa shape index (κ3) is 3.89. The number of esters is 1. The van der Waals surface area contributed by atoms with Gasteiger partial charge in [0.15, 0.2) is 17.6 Å². The molecule has 0 spiro atoms. The summed E-state index contributed by atoms with van der Waals surface area (Å²) >= 11 is 1.49. The molecule has 1 atom stereocenters. The number of H-pyrrole nitrogens is 1. The Morgan fingerprint density at radius 2 is 2.00 bits per heavy atom. The van der Waals surface area contributed by atoms with E-state index in [2.05, 4.69) is 25.3 Å². The van der Waals surface area contributed by atoms with Crippen LogP contribution < -0.4 is 5.32 Å². The maximum absolute atomic E-state index is 12.5. The molecule has 1 aliphatic rings. The number of nitrogens with one attached hydrogen (secondary N) is 2. The number of aryl methyl sites for hydroxylation is 2. The van der Waals surface area contributed by atoms with Gasteiger partial charge in [-0.1, -0.05) is 12.8 Å². The van der Waals surface area contributed by atoms with Crippen LogP contribution in [0.3, 0.4) is 0 Å². The first-order chi connectivity index (χ1) is 13.6. The second-order valence-corrected chi connectivity index (χ2v) is 7.97. The molecule has 0 aromatic carbocycles. The lowest BCUT2D eigenvalue weighted by molar-refractivity contribution is -0.123. The Balaban J connectivity index is 1.42. The van der Waals surface area contributed by atoms with Gasteiger partial charge in [0.1, 0.15) is 16.7 Å². The third-order valence-electron chi connectivity index (χ3n) is 4.82. The van der Waals surface area contributed by atoms with E-state index in [1.54, 1.807) is 6.92 Å². The molecule has 1 aliphatic carbocycles. The molecular formula is C19H21N5O3S. The molecule has 2 N–H and O–H groups in total. The lowest BCUT2D eigenvalue weighted by atomic mass is 10.00. The number of aromatic amines is 1. The fraction of sp³-hybridized carbons (Fsp3) is 0.421. The highest BCUT2D eigenvalue weighted by atomic mass is 32.1. The lowest BCUT2D eigenvalue weighted by Crippen LogP contribution is -2.30. The van der Waals surface area contributed by atoms with E-state index in [9.17, 15) is 9.59 Å². The molecule has 0 fully saturated rings. The highest BCUT2D eigenvalue weighted by molar-refractivity contribution is 7.14. The molecule has 3 heterocycles. The van der Waals surface area contributed by atoms with E-state index in [0.717, 1.165) is 25.7 Å². The molecule has 4 rings (SSSR count). The number of anilines is 1. The molecule has 0 unspecified atom stereocenters. The molecule has 0 bridgehead atoms.